The maximum absolute atomic E-state index is 14.2. The molecule has 2 aromatic carbocycles. The molecule has 4 N–H and O–H groups in total. The van der Waals surface area contributed by atoms with Crippen molar-refractivity contribution in [2.45, 2.75) is 71.1 Å². The summed E-state index contributed by atoms with van der Waals surface area (Å²) in [6.45, 7) is 5.41. The SMILES string of the molecule is CC1(C)CCn2c(c(-c3ccc(C(N)=O)c(NC4CCC(O)CC4)c3)c3ccc(F)cc32)C1. The highest BCUT2D eigenvalue weighted by Gasteiger charge is 2.31. The van der Waals surface area contributed by atoms with Gasteiger partial charge in [0.1, 0.15) is 5.82 Å². The first-order valence-electron chi connectivity index (χ1n) is 11.9. The van der Waals surface area contributed by atoms with E-state index in [0.717, 1.165) is 72.8 Å². The van der Waals surface area contributed by atoms with Crippen LogP contribution in [0.5, 0.6) is 0 Å². The first-order valence-corrected chi connectivity index (χ1v) is 11.9. The number of aromatic nitrogens is 1. The van der Waals surface area contributed by atoms with Crippen LogP contribution in [0.15, 0.2) is 36.4 Å². The third-order valence-corrected chi connectivity index (χ3v) is 7.42. The smallest absolute Gasteiger partial charge is 0.250 e. The van der Waals surface area contributed by atoms with E-state index in [-0.39, 0.29) is 23.4 Å². The van der Waals surface area contributed by atoms with Gasteiger partial charge in [0.15, 0.2) is 0 Å². The highest BCUT2D eigenvalue weighted by atomic mass is 19.1. The van der Waals surface area contributed by atoms with Crippen molar-refractivity contribution in [2.75, 3.05) is 5.32 Å². The molecule has 5 rings (SSSR count). The topological polar surface area (TPSA) is 80.3 Å². The van der Waals surface area contributed by atoms with Crippen LogP contribution in [0.25, 0.3) is 22.0 Å². The molecule has 3 aromatic rings. The minimum absolute atomic E-state index is 0.162. The fourth-order valence-electron chi connectivity index (χ4n) is 5.57. The second-order valence-electron chi connectivity index (χ2n) is 10.5. The van der Waals surface area contributed by atoms with Crippen LogP contribution >= 0.6 is 0 Å². The number of rotatable bonds is 4. The number of hydrogen-bond donors (Lipinski definition) is 3. The minimum atomic E-state index is -0.466. The zero-order valence-electron chi connectivity index (χ0n) is 19.3. The van der Waals surface area contributed by atoms with Crippen LogP contribution in [0.2, 0.25) is 0 Å². The van der Waals surface area contributed by atoms with E-state index in [1.807, 2.05) is 18.2 Å². The van der Waals surface area contributed by atoms with Gasteiger partial charge in [0.2, 0.25) is 0 Å². The largest absolute Gasteiger partial charge is 0.393 e. The van der Waals surface area contributed by atoms with Crippen LogP contribution in [0.4, 0.5) is 10.1 Å². The lowest BCUT2D eigenvalue weighted by molar-refractivity contribution is 0.100. The maximum Gasteiger partial charge on any atom is 0.250 e. The van der Waals surface area contributed by atoms with Crippen LogP contribution < -0.4 is 11.1 Å². The molecule has 6 heteroatoms. The summed E-state index contributed by atoms with van der Waals surface area (Å²) >= 11 is 0. The minimum Gasteiger partial charge on any atom is -0.393 e. The molecular weight excluding hydrogens is 417 g/mol. The summed E-state index contributed by atoms with van der Waals surface area (Å²) in [5.41, 5.74) is 11.3. The van der Waals surface area contributed by atoms with Gasteiger partial charge in [-0.15, -0.1) is 0 Å². The number of nitrogens with one attached hydrogen (secondary N) is 1. The fourth-order valence-corrected chi connectivity index (χ4v) is 5.57. The number of aliphatic hydroxyl groups is 1. The molecule has 0 spiro atoms. The van der Waals surface area contributed by atoms with E-state index in [1.54, 1.807) is 12.1 Å². The van der Waals surface area contributed by atoms with Gasteiger partial charge in [-0.25, -0.2) is 4.39 Å². The number of carbonyl (C=O) groups is 1. The van der Waals surface area contributed by atoms with E-state index in [0.29, 0.717) is 5.56 Å². The van der Waals surface area contributed by atoms with Gasteiger partial charge < -0.3 is 20.7 Å². The molecule has 1 aliphatic heterocycles. The summed E-state index contributed by atoms with van der Waals surface area (Å²) in [5.74, 6) is -0.697. The van der Waals surface area contributed by atoms with Crippen LogP contribution in [0, 0.1) is 11.2 Å². The third-order valence-electron chi connectivity index (χ3n) is 7.42. The summed E-state index contributed by atoms with van der Waals surface area (Å²) in [7, 11) is 0. The molecule has 1 amide bonds. The monoisotopic (exact) mass is 449 g/mol. The van der Waals surface area contributed by atoms with Crippen LogP contribution in [0.1, 0.15) is 62.0 Å². The normalized spacial score (nSPS) is 22.2. The van der Waals surface area contributed by atoms with Crippen molar-refractivity contribution in [1.29, 1.82) is 0 Å². The average Bonchev–Trinajstić information content (AvgIpc) is 3.06. The van der Waals surface area contributed by atoms with E-state index in [9.17, 15) is 14.3 Å². The summed E-state index contributed by atoms with van der Waals surface area (Å²) in [6, 6.07) is 11.0. The predicted octanol–water partition coefficient (Wildman–Crippen LogP) is 5.23. The summed E-state index contributed by atoms with van der Waals surface area (Å²) in [5, 5.41) is 14.4. The molecule has 5 nitrogen and oxygen atoms in total. The van der Waals surface area contributed by atoms with E-state index < -0.39 is 5.91 Å². The number of nitrogens with two attached hydrogens (primary N) is 1. The Balaban J connectivity index is 1.63. The van der Waals surface area contributed by atoms with Gasteiger partial charge in [-0.1, -0.05) is 19.9 Å². The number of nitrogens with zero attached hydrogens (tertiary/aromatic N) is 1. The van der Waals surface area contributed by atoms with Gasteiger partial charge in [0.25, 0.3) is 5.91 Å². The highest BCUT2D eigenvalue weighted by molar-refractivity contribution is 6.02. The molecule has 2 aliphatic rings. The molecule has 1 saturated carbocycles. The van der Waals surface area contributed by atoms with Crippen molar-refractivity contribution < 1.29 is 14.3 Å². The zero-order chi connectivity index (χ0) is 23.3. The quantitative estimate of drug-likeness (QED) is 0.510. The number of carbonyl (C=O) groups excluding carboxylic acids is 1. The molecule has 1 aliphatic carbocycles. The van der Waals surface area contributed by atoms with Gasteiger partial charge in [0.05, 0.1) is 17.2 Å². The number of halogens is 1. The number of anilines is 1. The average molecular weight is 450 g/mol. The summed E-state index contributed by atoms with van der Waals surface area (Å²) in [6.07, 6.45) is 4.90. The van der Waals surface area contributed by atoms with Gasteiger partial charge in [-0.05, 0) is 79.8 Å². The molecule has 2 heterocycles. The maximum atomic E-state index is 14.2. The molecule has 33 heavy (non-hydrogen) atoms. The first kappa shape index (κ1) is 22.0. The standard InChI is InChI=1S/C27H32FN3O2/c1-27(2)11-12-31-23-14-17(28)4-10-21(23)25(24(31)15-27)16-3-9-20(26(29)33)22(13-16)30-18-5-7-19(32)8-6-18/h3-4,9-10,13-14,18-19,30,32H,5-8,11-12,15H2,1-2H3,(H2,29,33). The Bertz CT molecular complexity index is 1220. The molecule has 0 radical (unpaired) electrons. The highest BCUT2D eigenvalue weighted by Crippen LogP contribution is 2.43. The Kier molecular flexibility index (Phi) is 5.44. The number of primary amides is 1. The van der Waals surface area contributed by atoms with Crippen LogP contribution in [-0.4, -0.2) is 27.7 Å². The van der Waals surface area contributed by atoms with Gasteiger partial charge in [-0.2, -0.15) is 0 Å². The summed E-state index contributed by atoms with van der Waals surface area (Å²) in [4.78, 5) is 12.2. The van der Waals surface area contributed by atoms with E-state index in [4.69, 9.17) is 5.73 Å². The van der Waals surface area contributed by atoms with Crippen LogP contribution in [0.3, 0.4) is 0 Å². The molecule has 0 saturated heterocycles. The number of hydrogen-bond acceptors (Lipinski definition) is 3. The zero-order valence-corrected chi connectivity index (χ0v) is 19.3. The van der Waals surface area contributed by atoms with E-state index >= 15 is 0 Å². The van der Waals surface area contributed by atoms with Crippen LogP contribution in [-0.2, 0) is 13.0 Å². The van der Waals surface area contributed by atoms with Crippen molar-refractivity contribution in [3.05, 3.63) is 53.5 Å². The molecular formula is C27H32FN3O2. The fraction of sp³-hybridized carbons (Fsp3) is 0.444. The Morgan fingerprint density at radius 2 is 1.91 bits per heavy atom. The lowest BCUT2D eigenvalue weighted by atomic mass is 9.80. The van der Waals surface area contributed by atoms with Crippen molar-refractivity contribution in [3.8, 4) is 11.1 Å². The Morgan fingerprint density at radius 1 is 1.15 bits per heavy atom. The molecule has 1 fully saturated rings. The van der Waals surface area contributed by atoms with Crippen molar-refractivity contribution in [3.63, 3.8) is 0 Å². The van der Waals surface area contributed by atoms with E-state index in [2.05, 4.69) is 23.7 Å². The van der Waals surface area contributed by atoms with Gasteiger partial charge >= 0.3 is 0 Å². The molecule has 1 aromatic heterocycles. The number of benzene rings is 2. The Morgan fingerprint density at radius 3 is 2.64 bits per heavy atom. The molecule has 0 bridgehead atoms. The number of amides is 1. The third kappa shape index (κ3) is 4.12. The Hall–Kier alpha value is -2.86. The first-order chi connectivity index (χ1) is 15.7. The van der Waals surface area contributed by atoms with Crippen molar-refractivity contribution in [1.82, 2.24) is 4.57 Å². The molecule has 174 valence electrons. The van der Waals surface area contributed by atoms with E-state index in [1.165, 1.54) is 11.8 Å². The van der Waals surface area contributed by atoms with Crippen molar-refractivity contribution >= 4 is 22.5 Å². The second kappa shape index (κ2) is 8.17. The lowest BCUT2D eigenvalue weighted by Crippen LogP contribution is -2.29. The molecule has 0 atom stereocenters. The molecule has 0 unspecified atom stereocenters. The van der Waals surface area contributed by atoms with Gasteiger partial charge in [0, 0.05) is 34.9 Å². The lowest BCUT2D eigenvalue weighted by Gasteiger charge is -2.32. The summed E-state index contributed by atoms with van der Waals surface area (Å²) < 4.78 is 16.4. The number of aryl methyl sites for hydroxylation is 1. The van der Waals surface area contributed by atoms with Gasteiger partial charge in [-0.3, -0.25) is 4.79 Å². The van der Waals surface area contributed by atoms with Crippen molar-refractivity contribution in [2.24, 2.45) is 11.1 Å². The number of aliphatic hydroxyl groups excluding tert-OH is 1. The predicted molar refractivity (Wildman–Crippen MR) is 130 cm³/mol. The Labute approximate surface area is 193 Å². The second-order valence-corrected chi connectivity index (χ2v) is 10.5. The number of fused-ring (bicyclic) bond motifs is 3.